The van der Waals surface area contributed by atoms with Crippen LogP contribution < -0.4 is 5.32 Å². The molecule has 3 nitrogen and oxygen atoms in total. The van der Waals surface area contributed by atoms with Crippen LogP contribution in [0, 0.1) is 11.3 Å². The molecule has 0 bridgehead atoms. The summed E-state index contributed by atoms with van der Waals surface area (Å²) in [5, 5.41) is 3.67. The molecule has 1 aliphatic heterocycles. The van der Waals surface area contributed by atoms with Gasteiger partial charge in [0.1, 0.15) is 0 Å². The number of methoxy groups -OCH3 is 1. The van der Waals surface area contributed by atoms with Crippen molar-refractivity contribution in [3.8, 4) is 0 Å². The summed E-state index contributed by atoms with van der Waals surface area (Å²) < 4.78 is 5.18. The third-order valence-corrected chi connectivity index (χ3v) is 5.45. The molecule has 124 valence electrons. The van der Waals surface area contributed by atoms with E-state index in [9.17, 15) is 0 Å². The Hall–Kier alpha value is -0.120. The van der Waals surface area contributed by atoms with Gasteiger partial charge in [-0.1, -0.05) is 32.6 Å². The number of likely N-dealkylation sites (tertiary alicyclic amines) is 1. The van der Waals surface area contributed by atoms with E-state index in [1.165, 1.54) is 77.5 Å². The minimum absolute atomic E-state index is 0.515. The molecule has 0 aromatic carbocycles. The first-order chi connectivity index (χ1) is 10.2. The second kappa shape index (κ2) is 9.12. The summed E-state index contributed by atoms with van der Waals surface area (Å²) in [5.41, 5.74) is 0.515. The van der Waals surface area contributed by atoms with Gasteiger partial charge in [-0.05, 0) is 43.6 Å². The zero-order chi connectivity index (χ0) is 15.0. The molecule has 21 heavy (non-hydrogen) atoms. The van der Waals surface area contributed by atoms with E-state index in [-0.39, 0.29) is 0 Å². The van der Waals surface area contributed by atoms with Crippen LogP contribution in [0.2, 0.25) is 0 Å². The topological polar surface area (TPSA) is 24.5 Å². The van der Waals surface area contributed by atoms with E-state index in [4.69, 9.17) is 4.74 Å². The summed E-state index contributed by atoms with van der Waals surface area (Å²) in [6.45, 7) is 9.39. The fourth-order valence-electron chi connectivity index (χ4n) is 4.30. The van der Waals surface area contributed by atoms with E-state index in [1.54, 1.807) is 7.11 Å². The van der Waals surface area contributed by atoms with Gasteiger partial charge in [0.2, 0.25) is 0 Å². The van der Waals surface area contributed by atoms with Gasteiger partial charge < -0.3 is 15.0 Å². The van der Waals surface area contributed by atoms with Gasteiger partial charge in [0.05, 0.1) is 6.61 Å². The zero-order valence-electron chi connectivity index (χ0n) is 14.3. The highest BCUT2D eigenvalue weighted by Crippen LogP contribution is 2.36. The second-order valence-electron chi connectivity index (χ2n) is 7.57. The fourth-order valence-corrected chi connectivity index (χ4v) is 4.30. The summed E-state index contributed by atoms with van der Waals surface area (Å²) in [4.78, 5) is 2.76. The SMILES string of the molecule is COCCNCC1(CN2CCCC(C)C2)CCCCCC1. The lowest BCUT2D eigenvalue weighted by molar-refractivity contribution is 0.0906. The van der Waals surface area contributed by atoms with E-state index in [0.717, 1.165) is 19.1 Å². The van der Waals surface area contributed by atoms with Crippen molar-refractivity contribution in [2.24, 2.45) is 11.3 Å². The Labute approximate surface area is 131 Å². The maximum absolute atomic E-state index is 5.18. The first-order valence-corrected chi connectivity index (χ1v) is 9.16. The monoisotopic (exact) mass is 296 g/mol. The molecule has 0 aromatic rings. The first kappa shape index (κ1) is 17.2. The van der Waals surface area contributed by atoms with Crippen LogP contribution in [-0.2, 0) is 4.74 Å². The Kier molecular flexibility index (Phi) is 7.48. The number of hydrogen-bond donors (Lipinski definition) is 1. The number of ether oxygens (including phenoxy) is 1. The third-order valence-electron chi connectivity index (χ3n) is 5.45. The number of nitrogens with one attached hydrogen (secondary N) is 1. The van der Waals surface area contributed by atoms with Crippen molar-refractivity contribution < 1.29 is 4.74 Å². The van der Waals surface area contributed by atoms with Crippen molar-refractivity contribution in [3.63, 3.8) is 0 Å². The van der Waals surface area contributed by atoms with E-state index in [1.807, 2.05) is 0 Å². The average molecular weight is 296 g/mol. The lowest BCUT2D eigenvalue weighted by Gasteiger charge is -2.41. The molecular weight excluding hydrogens is 260 g/mol. The molecular formula is C18H36N2O. The molecule has 0 aromatic heterocycles. The van der Waals surface area contributed by atoms with Gasteiger partial charge in [-0.2, -0.15) is 0 Å². The fraction of sp³-hybridized carbons (Fsp3) is 1.00. The van der Waals surface area contributed by atoms with Gasteiger partial charge in [0, 0.05) is 33.3 Å². The van der Waals surface area contributed by atoms with Crippen molar-refractivity contribution in [3.05, 3.63) is 0 Å². The van der Waals surface area contributed by atoms with Crippen molar-refractivity contribution in [2.45, 2.75) is 58.3 Å². The van der Waals surface area contributed by atoms with Gasteiger partial charge >= 0.3 is 0 Å². The van der Waals surface area contributed by atoms with Crippen LogP contribution >= 0.6 is 0 Å². The van der Waals surface area contributed by atoms with E-state index < -0.39 is 0 Å². The van der Waals surface area contributed by atoms with Crippen molar-refractivity contribution >= 4 is 0 Å². The number of hydrogen-bond acceptors (Lipinski definition) is 3. The van der Waals surface area contributed by atoms with Crippen LogP contribution in [0.4, 0.5) is 0 Å². The molecule has 0 spiro atoms. The Morgan fingerprint density at radius 1 is 1.14 bits per heavy atom. The molecule has 2 rings (SSSR count). The Balaban J connectivity index is 1.89. The van der Waals surface area contributed by atoms with Crippen molar-refractivity contribution in [1.29, 1.82) is 0 Å². The highest BCUT2D eigenvalue weighted by Gasteiger charge is 2.33. The summed E-state index contributed by atoms with van der Waals surface area (Å²) in [6, 6.07) is 0. The molecule has 3 heteroatoms. The highest BCUT2D eigenvalue weighted by atomic mass is 16.5. The molecule has 1 saturated heterocycles. The van der Waals surface area contributed by atoms with E-state index in [0.29, 0.717) is 5.41 Å². The van der Waals surface area contributed by atoms with Crippen LogP contribution in [0.1, 0.15) is 58.3 Å². The molecule has 0 amide bonds. The zero-order valence-corrected chi connectivity index (χ0v) is 14.3. The molecule has 2 aliphatic rings. The molecule has 2 fully saturated rings. The quantitative estimate of drug-likeness (QED) is 0.576. The van der Waals surface area contributed by atoms with Crippen LogP contribution in [0.15, 0.2) is 0 Å². The van der Waals surface area contributed by atoms with Crippen molar-refractivity contribution in [2.75, 3.05) is 46.4 Å². The van der Waals surface area contributed by atoms with E-state index in [2.05, 4.69) is 17.1 Å². The summed E-state index contributed by atoms with van der Waals surface area (Å²) in [7, 11) is 1.79. The molecule has 1 aliphatic carbocycles. The van der Waals surface area contributed by atoms with Crippen molar-refractivity contribution in [1.82, 2.24) is 10.2 Å². The van der Waals surface area contributed by atoms with Gasteiger partial charge in [0.15, 0.2) is 0 Å². The molecule has 0 radical (unpaired) electrons. The maximum atomic E-state index is 5.18. The third kappa shape index (κ3) is 5.88. The summed E-state index contributed by atoms with van der Waals surface area (Å²) in [5.74, 6) is 0.892. The first-order valence-electron chi connectivity index (χ1n) is 9.16. The largest absolute Gasteiger partial charge is 0.383 e. The maximum Gasteiger partial charge on any atom is 0.0587 e. The van der Waals surface area contributed by atoms with Crippen LogP contribution in [0.5, 0.6) is 0 Å². The normalized spacial score (nSPS) is 27.4. The molecule has 1 unspecified atom stereocenters. The second-order valence-corrected chi connectivity index (χ2v) is 7.57. The predicted octanol–water partition coefficient (Wildman–Crippen LogP) is 3.29. The van der Waals surface area contributed by atoms with Crippen LogP contribution in [-0.4, -0.2) is 51.3 Å². The summed E-state index contributed by atoms with van der Waals surface area (Å²) in [6.07, 6.45) is 11.4. The predicted molar refractivity (Wildman–Crippen MR) is 89.7 cm³/mol. The number of nitrogens with zero attached hydrogens (tertiary/aromatic N) is 1. The standard InChI is InChI=1S/C18H36N2O/c1-17-8-7-12-20(14-17)16-18(15-19-11-13-21-2)9-5-3-4-6-10-18/h17,19H,3-16H2,1-2H3. The molecule has 1 heterocycles. The van der Waals surface area contributed by atoms with Gasteiger partial charge in [-0.25, -0.2) is 0 Å². The van der Waals surface area contributed by atoms with Crippen LogP contribution in [0.25, 0.3) is 0 Å². The molecule has 1 saturated carbocycles. The molecule has 1 N–H and O–H groups in total. The van der Waals surface area contributed by atoms with Gasteiger partial charge in [-0.3, -0.25) is 0 Å². The summed E-state index contributed by atoms with van der Waals surface area (Å²) >= 11 is 0. The number of rotatable bonds is 7. The number of piperidine rings is 1. The lowest BCUT2D eigenvalue weighted by atomic mass is 9.79. The molecule has 1 atom stereocenters. The minimum atomic E-state index is 0.515. The van der Waals surface area contributed by atoms with Crippen LogP contribution in [0.3, 0.4) is 0 Å². The van der Waals surface area contributed by atoms with E-state index >= 15 is 0 Å². The Morgan fingerprint density at radius 3 is 2.57 bits per heavy atom. The Bertz CT molecular complexity index is 274. The minimum Gasteiger partial charge on any atom is -0.383 e. The van der Waals surface area contributed by atoms with Gasteiger partial charge in [-0.15, -0.1) is 0 Å². The van der Waals surface area contributed by atoms with Gasteiger partial charge in [0.25, 0.3) is 0 Å². The smallest absolute Gasteiger partial charge is 0.0587 e. The highest BCUT2D eigenvalue weighted by molar-refractivity contribution is 4.88. The lowest BCUT2D eigenvalue weighted by Crippen LogP contribution is -2.47. The average Bonchev–Trinajstić information content (AvgIpc) is 2.70. The Morgan fingerprint density at radius 2 is 1.90 bits per heavy atom.